The molecule has 1 amide bonds. The van der Waals surface area contributed by atoms with Crippen LogP contribution >= 0.6 is 11.3 Å². The summed E-state index contributed by atoms with van der Waals surface area (Å²) in [5.41, 5.74) is 4.46. The summed E-state index contributed by atoms with van der Waals surface area (Å²) in [4.78, 5) is 21.2. The van der Waals surface area contributed by atoms with Crippen LogP contribution in [0.25, 0.3) is 10.6 Å². The summed E-state index contributed by atoms with van der Waals surface area (Å²) in [7, 11) is 0. The average molecular weight is 421 g/mol. The Balaban J connectivity index is 1.46. The lowest BCUT2D eigenvalue weighted by Gasteiger charge is -2.36. The second-order valence-corrected chi connectivity index (χ2v) is 8.24. The van der Waals surface area contributed by atoms with Crippen LogP contribution in [-0.2, 0) is 0 Å². The SMILES string of the molecule is Cc1ccc(-c2nc(C(=O)N3CCN(c4cccc(F)c4C#N)CC3)cs2)c(C)c1. The van der Waals surface area contributed by atoms with Crippen molar-refractivity contribution >= 4 is 22.9 Å². The Morgan fingerprint density at radius 2 is 1.93 bits per heavy atom. The lowest BCUT2D eigenvalue weighted by atomic mass is 10.1. The van der Waals surface area contributed by atoms with Gasteiger partial charge in [-0.25, -0.2) is 9.37 Å². The maximum atomic E-state index is 13.9. The molecule has 4 rings (SSSR count). The summed E-state index contributed by atoms with van der Waals surface area (Å²) in [6, 6.07) is 12.8. The van der Waals surface area contributed by atoms with Gasteiger partial charge in [-0.1, -0.05) is 29.8 Å². The summed E-state index contributed by atoms with van der Waals surface area (Å²) in [6.07, 6.45) is 0. The smallest absolute Gasteiger partial charge is 0.273 e. The topological polar surface area (TPSA) is 60.2 Å². The van der Waals surface area contributed by atoms with E-state index in [0.717, 1.165) is 16.1 Å². The summed E-state index contributed by atoms with van der Waals surface area (Å²) in [5, 5.41) is 11.9. The van der Waals surface area contributed by atoms with Crippen molar-refractivity contribution in [3.05, 3.63) is 70.0 Å². The first kappa shape index (κ1) is 20.0. The fourth-order valence-corrected chi connectivity index (χ4v) is 4.63. The zero-order chi connectivity index (χ0) is 21.3. The molecule has 1 aromatic heterocycles. The molecular formula is C23H21FN4OS. The van der Waals surface area contributed by atoms with Crippen molar-refractivity contribution < 1.29 is 9.18 Å². The predicted molar refractivity (Wildman–Crippen MR) is 116 cm³/mol. The number of carbonyl (C=O) groups excluding carboxylic acids is 1. The van der Waals surface area contributed by atoms with Gasteiger partial charge in [0.2, 0.25) is 0 Å². The van der Waals surface area contributed by atoms with E-state index in [-0.39, 0.29) is 11.5 Å². The van der Waals surface area contributed by atoms with Gasteiger partial charge >= 0.3 is 0 Å². The molecule has 0 saturated carbocycles. The van der Waals surface area contributed by atoms with Crippen LogP contribution in [0.5, 0.6) is 0 Å². The van der Waals surface area contributed by atoms with Gasteiger partial charge in [-0.15, -0.1) is 11.3 Å². The predicted octanol–water partition coefficient (Wildman–Crippen LogP) is 4.40. The minimum absolute atomic E-state index is 0.0508. The van der Waals surface area contributed by atoms with Crippen LogP contribution in [0.3, 0.4) is 0 Å². The number of nitriles is 1. The molecule has 0 spiro atoms. The number of nitrogens with zero attached hydrogens (tertiary/aromatic N) is 4. The van der Waals surface area contributed by atoms with E-state index in [0.29, 0.717) is 37.6 Å². The van der Waals surface area contributed by atoms with E-state index in [1.54, 1.807) is 17.0 Å². The van der Waals surface area contributed by atoms with Crippen molar-refractivity contribution in [1.29, 1.82) is 5.26 Å². The fourth-order valence-electron chi connectivity index (χ4n) is 3.75. The minimum Gasteiger partial charge on any atom is -0.367 e. The van der Waals surface area contributed by atoms with E-state index >= 15 is 0 Å². The van der Waals surface area contributed by atoms with Crippen molar-refractivity contribution in [2.24, 2.45) is 0 Å². The van der Waals surface area contributed by atoms with Gasteiger partial charge in [-0.3, -0.25) is 4.79 Å². The minimum atomic E-state index is -0.519. The van der Waals surface area contributed by atoms with Crippen LogP contribution in [0.1, 0.15) is 27.2 Å². The number of halogens is 1. The van der Waals surface area contributed by atoms with E-state index in [1.807, 2.05) is 35.4 Å². The molecule has 30 heavy (non-hydrogen) atoms. The Labute approximate surface area is 179 Å². The molecule has 0 aliphatic carbocycles. The Morgan fingerprint density at radius 1 is 1.17 bits per heavy atom. The molecule has 0 bridgehead atoms. The molecule has 1 aliphatic heterocycles. The molecular weight excluding hydrogens is 399 g/mol. The van der Waals surface area contributed by atoms with E-state index < -0.39 is 5.82 Å². The summed E-state index contributed by atoms with van der Waals surface area (Å²) < 4.78 is 13.9. The van der Waals surface area contributed by atoms with Gasteiger partial charge in [0, 0.05) is 37.1 Å². The first-order valence-corrected chi connectivity index (χ1v) is 10.6. The highest BCUT2D eigenvalue weighted by Gasteiger charge is 2.26. The molecule has 1 fully saturated rings. The van der Waals surface area contributed by atoms with Crippen LogP contribution in [0, 0.1) is 31.0 Å². The first-order chi connectivity index (χ1) is 14.5. The number of hydrogen-bond donors (Lipinski definition) is 0. The Kier molecular flexibility index (Phi) is 5.51. The van der Waals surface area contributed by atoms with Gasteiger partial charge in [0.15, 0.2) is 0 Å². The van der Waals surface area contributed by atoms with Crippen molar-refractivity contribution in [2.45, 2.75) is 13.8 Å². The van der Waals surface area contributed by atoms with Gasteiger partial charge in [0.05, 0.1) is 5.69 Å². The molecule has 5 nitrogen and oxygen atoms in total. The zero-order valence-electron chi connectivity index (χ0n) is 16.9. The number of aryl methyl sites for hydroxylation is 2. The zero-order valence-corrected chi connectivity index (χ0v) is 17.7. The van der Waals surface area contributed by atoms with E-state index in [4.69, 9.17) is 0 Å². The number of aromatic nitrogens is 1. The Hall–Kier alpha value is -3.24. The summed E-state index contributed by atoms with van der Waals surface area (Å²) in [5.74, 6) is -0.614. The number of rotatable bonds is 3. The van der Waals surface area contributed by atoms with E-state index in [2.05, 4.69) is 18.0 Å². The van der Waals surface area contributed by atoms with Gasteiger partial charge < -0.3 is 9.80 Å². The Bertz CT molecular complexity index is 1140. The number of thiazole rings is 1. The summed E-state index contributed by atoms with van der Waals surface area (Å²) >= 11 is 1.47. The van der Waals surface area contributed by atoms with Crippen molar-refractivity contribution in [3.8, 4) is 16.6 Å². The Morgan fingerprint density at radius 3 is 2.63 bits per heavy atom. The maximum absolute atomic E-state index is 13.9. The number of anilines is 1. The first-order valence-electron chi connectivity index (χ1n) is 9.74. The molecule has 1 aliphatic rings. The highest BCUT2D eigenvalue weighted by atomic mass is 32.1. The van der Waals surface area contributed by atoms with Crippen LogP contribution in [0.4, 0.5) is 10.1 Å². The van der Waals surface area contributed by atoms with Gasteiger partial charge in [0.25, 0.3) is 5.91 Å². The molecule has 0 N–H and O–H groups in total. The third-order valence-corrected chi connectivity index (χ3v) is 6.22. The lowest BCUT2D eigenvalue weighted by Crippen LogP contribution is -2.49. The van der Waals surface area contributed by atoms with Crippen molar-refractivity contribution in [1.82, 2.24) is 9.88 Å². The monoisotopic (exact) mass is 420 g/mol. The molecule has 152 valence electrons. The molecule has 7 heteroatoms. The number of amides is 1. The number of carbonyl (C=O) groups is 1. The van der Waals surface area contributed by atoms with Crippen LogP contribution in [0.2, 0.25) is 0 Å². The molecule has 0 atom stereocenters. The maximum Gasteiger partial charge on any atom is 0.273 e. The number of benzene rings is 2. The lowest BCUT2D eigenvalue weighted by molar-refractivity contribution is 0.0741. The van der Waals surface area contributed by atoms with Crippen LogP contribution in [0.15, 0.2) is 41.8 Å². The standard InChI is InChI=1S/C23H21FN4OS/c1-15-6-7-17(16(2)12-15)22-26-20(14-30-22)23(29)28-10-8-27(9-11-28)21-5-3-4-19(24)18(21)13-25/h3-7,12,14H,8-11H2,1-2H3. The highest BCUT2D eigenvalue weighted by Crippen LogP contribution is 2.28. The molecule has 2 aromatic carbocycles. The molecule has 2 heterocycles. The summed E-state index contributed by atoms with van der Waals surface area (Å²) in [6.45, 7) is 6.17. The van der Waals surface area contributed by atoms with Gasteiger partial charge in [-0.05, 0) is 31.5 Å². The number of hydrogen-bond acceptors (Lipinski definition) is 5. The largest absolute Gasteiger partial charge is 0.367 e. The second kappa shape index (κ2) is 8.25. The fraction of sp³-hybridized carbons (Fsp3) is 0.261. The molecule has 3 aromatic rings. The molecule has 0 unspecified atom stereocenters. The van der Waals surface area contributed by atoms with Crippen molar-refractivity contribution in [3.63, 3.8) is 0 Å². The highest BCUT2D eigenvalue weighted by molar-refractivity contribution is 7.13. The molecule has 1 saturated heterocycles. The molecule has 0 radical (unpaired) electrons. The van der Waals surface area contributed by atoms with Crippen molar-refractivity contribution in [2.75, 3.05) is 31.1 Å². The van der Waals surface area contributed by atoms with Gasteiger partial charge in [-0.2, -0.15) is 5.26 Å². The second-order valence-electron chi connectivity index (χ2n) is 7.38. The van der Waals surface area contributed by atoms with E-state index in [1.165, 1.54) is 23.0 Å². The average Bonchev–Trinajstić information content (AvgIpc) is 3.23. The third-order valence-electron chi connectivity index (χ3n) is 5.35. The van der Waals surface area contributed by atoms with Crippen LogP contribution in [-0.4, -0.2) is 42.0 Å². The number of piperazine rings is 1. The van der Waals surface area contributed by atoms with E-state index in [9.17, 15) is 14.4 Å². The third kappa shape index (κ3) is 3.79. The normalized spacial score (nSPS) is 13.9. The quantitative estimate of drug-likeness (QED) is 0.630. The van der Waals surface area contributed by atoms with Gasteiger partial charge in [0.1, 0.15) is 28.2 Å². The van der Waals surface area contributed by atoms with Crippen LogP contribution < -0.4 is 4.90 Å².